The van der Waals surface area contributed by atoms with Crippen LogP contribution in [0, 0.1) is 12.7 Å². The molecule has 100 valence electrons. The first kappa shape index (κ1) is 13.5. The summed E-state index contributed by atoms with van der Waals surface area (Å²) in [6.07, 6.45) is 5.73. The van der Waals surface area contributed by atoms with Crippen LogP contribution in [0.5, 0.6) is 0 Å². The van der Waals surface area contributed by atoms with Gasteiger partial charge in [-0.1, -0.05) is 6.07 Å². The molecule has 0 spiro atoms. The third-order valence-electron chi connectivity index (χ3n) is 3.57. The first-order valence-corrected chi connectivity index (χ1v) is 6.79. The summed E-state index contributed by atoms with van der Waals surface area (Å²) in [7, 11) is 0. The Morgan fingerprint density at radius 1 is 1.39 bits per heavy atom. The van der Waals surface area contributed by atoms with Crippen molar-refractivity contribution in [1.29, 1.82) is 0 Å². The minimum absolute atomic E-state index is 0.0927. The van der Waals surface area contributed by atoms with Crippen LogP contribution >= 0.6 is 0 Å². The molecule has 1 aromatic carbocycles. The van der Waals surface area contributed by atoms with E-state index in [1.54, 1.807) is 6.07 Å². The van der Waals surface area contributed by atoms with Crippen LogP contribution in [0.1, 0.15) is 49.3 Å². The molecule has 2 atom stereocenters. The molecule has 2 rings (SSSR count). The van der Waals surface area contributed by atoms with E-state index in [0.717, 1.165) is 37.0 Å². The standard InChI is InChI=1S/C15H22FNO/c1-11-8-12(10-13(16)9-11)15(17)6-5-14-4-2-3-7-18-14/h8-10,14-15H,2-7,17H2,1H3. The third kappa shape index (κ3) is 3.79. The van der Waals surface area contributed by atoms with Crippen LogP contribution in [0.15, 0.2) is 18.2 Å². The maximum atomic E-state index is 13.3. The van der Waals surface area contributed by atoms with Crippen LogP contribution in [-0.2, 0) is 4.74 Å². The lowest BCUT2D eigenvalue weighted by Gasteiger charge is -2.24. The normalized spacial score (nSPS) is 21.8. The van der Waals surface area contributed by atoms with E-state index in [1.165, 1.54) is 18.9 Å². The van der Waals surface area contributed by atoms with E-state index in [2.05, 4.69) is 0 Å². The number of aryl methyl sites for hydroxylation is 1. The maximum absolute atomic E-state index is 13.3. The molecule has 1 fully saturated rings. The van der Waals surface area contributed by atoms with Crippen molar-refractivity contribution in [3.8, 4) is 0 Å². The Kier molecular flexibility index (Phi) is 4.72. The zero-order valence-corrected chi connectivity index (χ0v) is 11.0. The molecule has 2 unspecified atom stereocenters. The van der Waals surface area contributed by atoms with Crippen LogP contribution in [0.2, 0.25) is 0 Å². The summed E-state index contributed by atoms with van der Waals surface area (Å²) in [5, 5.41) is 0. The summed E-state index contributed by atoms with van der Waals surface area (Å²) >= 11 is 0. The van der Waals surface area contributed by atoms with Gasteiger partial charge in [0, 0.05) is 12.6 Å². The van der Waals surface area contributed by atoms with Crippen molar-refractivity contribution in [2.45, 2.75) is 51.2 Å². The Morgan fingerprint density at radius 2 is 2.22 bits per heavy atom. The SMILES string of the molecule is Cc1cc(F)cc(C(N)CCC2CCCCO2)c1. The lowest BCUT2D eigenvalue weighted by Crippen LogP contribution is -2.21. The summed E-state index contributed by atoms with van der Waals surface area (Å²) in [6, 6.07) is 4.94. The number of halogens is 1. The highest BCUT2D eigenvalue weighted by molar-refractivity contribution is 5.25. The second kappa shape index (κ2) is 6.30. The van der Waals surface area contributed by atoms with Gasteiger partial charge in [-0.05, 0) is 62.3 Å². The zero-order valence-electron chi connectivity index (χ0n) is 11.0. The van der Waals surface area contributed by atoms with E-state index in [1.807, 2.05) is 13.0 Å². The highest BCUT2D eigenvalue weighted by atomic mass is 19.1. The smallest absolute Gasteiger partial charge is 0.123 e. The van der Waals surface area contributed by atoms with Crippen LogP contribution in [0.3, 0.4) is 0 Å². The molecule has 3 heteroatoms. The van der Waals surface area contributed by atoms with Crippen molar-refractivity contribution in [2.75, 3.05) is 6.61 Å². The minimum Gasteiger partial charge on any atom is -0.378 e. The van der Waals surface area contributed by atoms with Crippen LogP contribution in [0.4, 0.5) is 4.39 Å². The average molecular weight is 251 g/mol. The number of ether oxygens (including phenoxy) is 1. The van der Waals surface area contributed by atoms with E-state index >= 15 is 0 Å². The van der Waals surface area contributed by atoms with Gasteiger partial charge in [-0.15, -0.1) is 0 Å². The summed E-state index contributed by atoms with van der Waals surface area (Å²) < 4.78 is 19.0. The van der Waals surface area contributed by atoms with Crippen molar-refractivity contribution in [3.05, 3.63) is 35.1 Å². The fraction of sp³-hybridized carbons (Fsp3) is 0.600. The molecular formula is C15H22FNO. The molecule has 1 aliphatic rings. The Balaban J connectivity index is 1.88. The molecule has 1 saturated heterocycles. The molecule has 0 radical (unpaired) electrons. The Bertz CT molecular complexity index is 368. The molecule has 0 saturated carbocycles. The van der Waals surface area contributed by atoms with E-state index in [9.17, 15) is 4.39 Å². The van der Waals surface area contributed by atoms with Crippen LogP contribution in [0.25, 0.3) is 0 Å². The molecule has 1 aromatic rings. The van der Waals surface area contributed by atoms with E-state index in [-0.39, 0.29) is 11.9 Å². The average Bonchev–Trinajstić information content (AvgIpc) is 2.36. The monoisotopic (exact) mass is 251 g/mol. The molecule has 2 nitrogen and oxygen atoms in total. The van der Waals surface area contributed by atoms with Crippen molar-refractivity contribution < 1.29 is 9.13 Å². The number of hydrogen-bond acceptors (Lipinski definition) is 2. The van der Waals surface area contributed by atoms with E-state index in [4.69, 9.17) is 10.5 Å². The highest BCUT2D eigenvalue weighted by Crippen LogP contribution is 2.23. The van der Waals surface area contributed by atoms with Gasteiger partial charge in [-0.3, -0.25) is 0 Å². The molecule has 1 heterocycles. The minimum atomic E-state index is -0.200. The van der Waals surface area contributed by atoms with Crippen molar-refractivity contribution >= 4 is 0 Å². The van der Waals surface area contributed by atoms with E-state index in [0.29, 0.717) is 6.10 Å². The third-order valence-corrected chi connectivity index (χ3v) is 3.57. The maximum Gasteiger partial charge on any atom is 0.123 e. The van der Waals surface area contributed by atoms with Gasteiger partial charge in [0.1, 0.15) is 5.82 Å². The lowest BCUT2D eigenvalue weighted by molar-refractivity contribution is 0.00912. The summed E-state index contributed by atoms with van der Waals surface area (Å²) in [4.78, 5) is 0. The van der Waals surface area contributed by atoms with Gasteiger partial charge < -0.3 is 10.5 Å². The van der Waals surface area contributed by atoms with Gasteiger partial charge in [0.25, 0.3) is 0 Å². The molecule has 0 bridgehead atoms. The number of rotatable bonds is 4. The van der Waals surface area contributed by atoms with Gasteiger partial charge in [-0.25, -0.2) is 4.39 Å². The lowest BCUT2D eigenvalue weighted by atomic mass is 9.97. The second-order valence-corrected chi connectivity index (χ2v) is 5.23. The van der Waals surface area contributed by atoms with Crippen molar-refractivity contribution in [1.82, 2.24) is 0 Å². The largest absolute Gasteiger partial charge is 0.378 e. The summed E-state index contributed by atoms with van der Waals surface area (Å²) in [5.41, 5.74) is 7.95. The fourth-order valence-electron chi connectivity index (χ4n) is 2.55. The molecule has 0 amide bonds. The van der Waals surface area contributed by atoms with Gasteiger partial charge in [0.15, 0.2) is 0 Å². The topological polar surface area (TPSA) is 35.2 Å². The molecule has 0 aromatic heterocycles. The predicted octanol–water partition coefficient (Wildman–Crippen LogP) is 3.48. The zero-order chi connectivity index (χ0) is 13.0. The van der Waals surface area contributed by atoms with Gasteiger partial charge in [0.2, 0.25) is 0 Å². The van der Waals surface area contributed by atoms with Crippen LogP contribution < -0.4 is 5.73 Å². The fourth-order valence-corrected chi connectivity index (χ4v) is 2.55. The van der Waals surface area contributed by atoms with Crippen molar-refractivity contribution in [3.63, 3.8) is 0 Å². The molecule has 2 N–H and O–H groups in total. The first-order chi connectivity index (χ1) is 8.65. The summed E-state index contributed by atoms with van der Waals surface area (Å²) in [5.74, 6) is -0.200. The van der Waals surface area contributed by atoms with Crippen LogP contribution in [-0.4, -0.2) is 12.7 Å². The van der Waals surface area contributed by atoms with Gasteiger partial charge >= 0.3 is 0 Å². The predicted molar refractivity (Wildman–Crippen MR) is 70.9 cm³/mol. The molecular weight excluding hydrogens is 229 g/mol. The van der Waals surface area contributed by atoms with Crippen molar-refractivity contribution in [2.24, 2.45) is 5.73 Å². The summed E-state index contributed by atoms with van der Waals surface area (Å²) in [6.45, 7) is 2.77. The first-order valence-electron chi connectivity index (χ1n) is 6.79. The van der Waals surface area contributed by atoms with E-state index < -0.39 is 0 Å². The van der Waals surface area contributed by atoms with Gasteiger partial charge in [0.05, 0.1) is 6.10 Å². The number of benzene rings is 1. The molecule has 0 aliphatic carbocycles. The number of hydrogen-bond donors (Lipinski definition) is 1. The second-order valence-electron chi connectivity index (χ2n) is 5.23. The molecule has 18 heavy (non-hydrogen) atoms. The Labute approximate surface area is 108 Å². The van der Waals surface area contributed by atoms with Gasteiger partial charge in [-0.2, -0.15) is 0 Å². The molecule has 1 aliphatic heterocycles. The Hall–Kier alpha value is -0.930. The quantitative estimate of drug-likeness (QED) is 0.889. The number of nitrogens with two attached hydrogens (primary N) is 1. The highest BCUT2D eigenvalue weighted by Gasteiger charge is 2.16. The Morgan fingerprint density at radius 3 is 2.89 bits per heavy atom.